The molecule has 102 valence electrons. The molecule has 2 aromatic heterocycles. The lowest BCUT2D eigenvalue weighted by molar-refractivity contribution is 0.511. The van der Waals surface area contributed by atoms with E-state index in [1.54, 1.807) is 12.7 Å². The van der Waals surface area contributed by atoms with Gasteiger partial charge in [0.2, 0.25) is 0 Å². The van der Waals surface area contributed by atoms with Gasteiger partial charge in [-0.25, -0.2) is 0 Å². The van der Waals surface area contributed by atoms with Gasteiger partial charge in [0.15, 0.2) is 0 Å². The first kappa shape index (κ1) is 12.6. The average Bonchev–Trinajstić information content (AvgIpc) is 3.08. The van der Waals surface area contributed by atoms with Gasteiger partial charge in [-0.15, -0.1) is 10.2 Å². The predicted octanol–water partition coefficient (Wildman–Crippen LogP) is 2.90. The summed E-state index contributed by atoms with van der Waals surface area (Å²) in [4.78, 5) is 0. The van der Waals surface area contributed by atoms with Gasteiger partial charge in [-0.1, -0.05) is 13.0 Å². The van der Waals surface area contributed by atoms with Gasteiger partial charge in [-0.3, -0.25) is 4.57 Å². The Labute approximate surface area is 117 Å². The van der Waals surface area contributed by atoms with Crippen LogP contribution in [0.2, 0.25) is 0 Å². The second-order valence-corrected chi connectivity index (χ2v) is 5.13. The van der Waals surface area contributed by atoms with E-state index in [-0.39, 0.29) is 0 Å². The minimum absolute atomic E-state index is 0.460. The SMILES string of the molecule is CC(CC=N)Cn1ccc2ccc(-n3cnnc3)cc21. The van der Waals surface area contributed by atoms with E-state index < -0.39 is 0 Å². The normalized spacial score (nSPS) is 12.7. The zero-order valence-electron chi connectivity index (χ0n) is 11.4. The van der Waals surface area contributed by atoms with Crippen LogP contribution in [0.25, 0.3) is 16.6 Å². The van der Waals surface area contributed by atoms with E-state index in [9.17, 15) is 0 Å². The Morgan fingerprint density at radius 3 is 2.80 bits per heavy atom. The maximum atomic E-state index is 7.20. The van der Waals surface area contributed by atoms with Gasteiger partial charge in [0, 0.05) is 12.7 Å². The maximum absolute atomic E-state index is 7.20. The van der Waals surface area contributed by atoms with Crippen LogP contribution in [0.4, 0.5) is 0 Å². The first-order valence-electron chi connectivity index (χ1n) is 6.71. The van der Waals surface area contributed by atoms with Crippen LogP contribution in [0.15, 0.2) is 43.1 Å². The highest BCUT2D eigenvalue weighted by atomic mass is 15.2. The molecule has 5 nitrogen and oxygen atoms in total. The fraction of sp³-hybridized carbons (Fsp3) is 0.267. The van der Waals surface area contributed by atoms with Crippen LogP contribution in [0.3, 0.4) is 0 Å². The lowest BCUT2D eigenvalue weighted by Gasteiger charge is -2.11. The molecule has 2 heterocycles. The Bertz CT molecular complexity index is 711. The summed E-state index contributed by atoms with van der Waals surface area (Å²) in [6, 6.07) is 8.46. The molecule has 0 saturated heterocycles. The number of hydrogen-bond acceptors (Lipinski definition) is 3. The average molecular weight is 267 g/mol. The van der Waals surface area contributed by atoms with Crippen LogP contribution in [0, 0.1) is 11.3 Å². The molecular formula is C15H17N5. The topological polar surface area (TPSA) is 59.5 Å². The van der Waals surface area contributed by atoms with E-state index in [4.69, 9.17) is 5.41 Å². The Morgan fingerprint density at radius 1 is 1.25 bits per heavy atom. The molecule has 0 aliphatic heterocycles. The number of rotatable bonds is 5. The molecule has 3 rings (SSSR count). The minimum Gasteiger partial charge on any atom is -0.347 e. The fourth-order valence-electron chi connectivity index (χ4n) is 2.44. The summed E-state index contributed by atoms with van der Waals surface area (Å²) in [6.07, 6.45) is 7.81. The van der Waals surface area contributed by atoms with Gasteiger partial charge >= 0.3 is 0 Å². The van der Waals surface area contributed by atoms with E-state index in [0.29, 0.717) is 5.92 Å². The summed E-state index contributed by atoms with van der Waals surface area (Å²) < 4.78 is 4.15. The van der Waals surface area contributed by atoms with Gasteiger partial charge in [0.25, 0.3) is 0 Å². The minimum atomic E-state index is 0.460. The van der Waals surface area contributed by atoms with Crippen molar-refractivity contribution in [2.75, 3.05) is 0 Å². The number of nitrogens with one attached hydrogen (secondary N) is 1. The lowest BCUT2D eigenvalue weighted by atomic mass is 10.1. The Kier molecular flexibility index (Phi) is 3.33. The number of nitrogens with zero attached hydrogens (tertiary/aromatic N) is 4. The zero-order valence-corrected chi connectivity index (χ0v) is 11.4. The van der Waals surface area contributed by atoms with Crippen molar-refractivity contribution in [3.63, 3.8) is 0 Å². The molecule has 0 amide bonds. The van der Waals surface area contributed by atoms with E-state index in [0.717, 1.165) is 18.7 Å². The lowest BCUT2D eigenvalue weighted by Crippen LogP contribution is -2.07. The van der Waals surface area contributed by atoms with Gasteiger partial charge in [0.1, 0.15) is 12.7 Å². The van der Waals surface area contributed by atoms with Crippen molar-refractivity contribution in [3.05, 3.63) is 43.1 Å². The molecule has 20 heavy (non-hydrogen) atoms. The van der Waals surface area contributed by atoms with Crippen LogP contribution in [-0.4, -0.2) is 25.5 Å². The van der Waals surface area contributed by atoms with Crippen LogP contribution in [0.5, 0.6) is 0 Å². The second-order valence-electron chi connectivity index (χ2n) is 5.13. The number of aromatic nitrogens is 4. The highest BCUT2D eigenvalue weighted by molar-refractivity contribution is 5.82. The molecule has 0 aliphatic rings. The molecule has 1 aromatic carbocycles. The predicted molar refractivity (Wildman–Crippen MR) is 79.4 cm³/mol. The van der Waals surface area contributed by atoms with Crippen molar-refractivity contribution in [3.8, 4) is 5.69 Å². The smallest absolute Gasteiger partial charge is 0.123 e. The van der Waals surface area contributed by atoms with Crippen LogP contribution in [-0.2, 0) is 6.54 Å². The third kappa shape index (κ3) is 2.34. The van der Waals surface area contributed by atoms with Crippen LogP contribution in [0.1, 0.15) is 13.3 Å². The molecule has 0 radical (unpaired) electrons. The third-order valence-electron chi connectivity index (χ3n) is 3.50. The van der Waals surface area contributed by atoms with Gasteiger partial charge in [-0.2, -0.15) is 0 Å². The first-order chi connectivity index (χ1) is 9.78. The summed E-state index contributed by atoms with van der Waals surface area (Å²) >= 11 is 0. The van der Waals surface area contributed by atoms with Crippen LogP contribution >= 0.6 is 0 Å². The van der Waals surface area contributed by atoms with Crippen molar-refractivity contribution in [1.82, 2.24) is 19.3 Å². The zero-order chi connectivity index (χ0) is 13.9. The molecule has 3 aromatic rings. The van der Waals surface area contributed by atoms with E-state index >= 15 is 0 Å². The van der Waals surface area contributed by atoms with Gasteiger partial charge in [-0.05, 0) is 42.1 Å². The van der Waals surface area contributed by atoms with E-state index in [1.165, 1.54) is 17.1 Å². The molecule has 0 bridgehead atoms. The largest absolute Gasteiger partial charge is 0.347 e. The summed E-state index contributed by atoms with van der Waals surface area (Å²) in [5, 5.41) is 16.1. The van der Waals surface area contributed by atoms with Gasteiger partial charge in [0.05, 0.1) is 11.2 Å². The third-order valence-corrected chi connectivity index (χ3v) is 3.50. The highest BCUT2D eigenvalue weighted by Gasteiger charge is 2.07. The second kappa shape index (κ2) is 5.28. The Morgan fingerprint density at radius 2 is 2.05 bits per heavy atom. The summed E-state index contributed by atoms with van der Waals surface area (Å²) in [6.45, 7) is 3.09. The standard InChI is InChI=1S/C15H17N5/c1-12(4-6-16)9-19-7-5-13-2-3-14(8-15(13)19)20-10-17-18-11-20/h2-3,5-8,10-12,16H,4,9H2,1H3. The Balaban J connectivity index is 1.97. The molecule has 0 spiro atoms. The molecule has 1 N–H and O–H groups in total. The molecule has 1 unspecified atom stereocenters. The van der Waals surface area contributed by atoms with Gasteiger partial charge < -0.3 is 9.98 Å². The molecule has 1 atom stereocenters. The van der Waals surface area contributed by atoms with Crippen molar-refractivity contribution in [2.24, 2.45) is 5.92 Å². The quantitative estimate of drug-likeness (QED) is 0.722. The molecule has 5 heteroatoms. The molecular weight excluding hydrogens is 250 g/mol. The van der Waals surface area contributed by atoms with Crippen molar-refractivity contribution < 1.29 is 0 Å². The summed E-state index contributed by atoms with van der Waals surface area (Å²) in [5.74, 6) is 0.460. The molecule has 0 aliphatic carbocycles. The number of fused-ring (bicyclic) bond motifs is 1. The van der Waals surface area contributed by atoms with E-state index in [2.05, 4.69) is 52.2 Å². The maximum Gasteiger partial charge on any atom is 0.123 e. The fourth-order valence-corrected chi connectivity index (χ4v) is 2.44. The van der Waals surface area contributed by atoms with Crippen LogP contribution < -0.4 is 0 Å². The monoisotopic (exact) mass is 267 g/mol. The van der Waals surface area contributed by atoms with Crippen molar-refractivity contribution in [1.29, 1.82) is 5.41 Å². The van der Waals surface area contributed by atoms with Crippen molar-refractivity contribution >= 4 is 17.1 Å². The number of hydrogen-bond donors (Lipinski definition) is 1. The summed E-state index contributed by atoms with van der Waals surface area (Å²) in [7, 11) is 0. The van der Waals surface area contributed by atoms with Crippen molar-refractivity contribution in [2.45, 2.75) is 19.9 Å². The van der Waals surface area contributed by atoms with E-state index in [1.807, 2.05) is 4.57 Å². The molecule has 0 saturated carbocycles. The highest BCUT2D eigenvalue weighted by Crippen LogP contribution is 2.21. The Hall–Kier alpha value is -2.43. The summed E-state index contributed by atoms with van der Waals surface area (Å²) in [5.41, 5.74) is 2.26. The first-order valence-corrected chi connectivity index (χ1v) is 6.71. The molecule has 0 fully saturated rings. The number of benzene rings is 1.